The zero-order chi connectivity index (χ0) is 13.3. The Labute approximate surface area is 108 Å². The number of allylic oxidation sites excluding steroid dienone is 1. The molecule has 2 unspecified atom stereocenters. The predicted molar refractivity (Wildman–Crippen MR) is 69.9 cm³/mol. The Hall–Kier alpha value is -1.32. The molecule has 1 saturated heterocycles. The largest absolute Gasteiger partial charge is 0.340 e. The van der Waals surface area contributed by atoms with Gasteiger partial charge in [-0.05, 0) is 39.0 Å². The average Bonchev–Trinajstić information content (AvgIpc) is 3.16. The number of nitrogens with one attached hydrogen (secondary N) is 1. The van der Waals surface area contributed by atoms with Crippen LogP contribution in [0.3, 0.4) is 0 Å². The maximum Gasteiger partial charge on any atom is 0.248 e. The van der Waals surface area contributed by atoms with Crippen molar-refractivity contribution in [1.29, 1.82) is 0 Å². The molecule has 0 spiro atoms. The molecule has 4 heteroatoms. The van der Waals surface area contributed by atoms with Gasteiger partial charge in [-0.2, -0.15) is 0 Å². The minimum absolute atomic E-state index is 0.0194. The summed E-state index contributed by atoms with van der Waals surface area (Å²) in [4.78, 5) is 26.6. The molecule has 100 valence electrons. The molecular weight excluding hydrogens is 228 g/mol. The van der Waals surface area contributed by atoms with Gasteiger partial charge in [0.05, 0.1) is 0 Å². The summed E-state index contributed by atoms with van der Waals surface area (Å²) >= 11 is 0. The summed E-state index contributed by atoms with van der Waals surface area (Å²) in [6, 6.07) is -0.256. The number of hydrogen-bond acceptors (Lipinski definition) is 2. The number of carbonyl (C=O) groups is 2. The topological polar surface area (TPSA) is 49.4 Å². The molecule has 2 fully saturated rings. The summed E-state index contributed by atoms with van der Waals surface area (Å²) in [5, 5.41) is 2.92. The molecule has 0 bridgehead atoms. The third-order valence-corrected chi connectivity index (χ3v) is 4.05. The van der Waals surface area contributed by atoms with Crippen molar-refractivity contribution < 1.29 is 9.59 Å². The molecule has 18 heavy (non-hydrogen) atoms. The van der Waals surface area contributed by atoms with Crippen LogP contribution in [0.2, 0.25) is 0 Å². The SMILES string of the molecule is C/C=C/CN1C(=O)C(C)(CC)NC(=O)C1C1CC1. The van der Waals surface area contributed by atoms with Crippen LogP contribution in [-0.2, 0) is 9.59 Å². The third kappa shape index (κ3) is 2.16. The Kier molecular flexibility index (Phi) is 3.46. The highest BCUT2D eigenvalue weighted by Gasteiger charge is 2.51. The van der Waals surface area contributed by atoms with Crippen molar-refractivity contribution in [1.82, 2.24) is 10.2 Å². The van der Waals surface area contributed by atoms with E-state index in [0.717, 1.165) is 12.8 Å². The molecule has 1 saturated carbocycles. The van der Waals surface area contributed by atoms with Gasteiger partial charge in [0.15, 0.2) is 0 Å². The molecule has 4 nitrogen and oxygen atoms in total. The number of piperazine rings is 1. The van der Waals surface area contributed by atoms with Crippen LogP contribution in [0.5, 0.6) is 0 Å². The van der Waals surface area contributed by atoms with Crippen molar-refractivity contribution >= 4 is 11.8 Å². The van der Waals surface area contributed by atoms with Gasteiger partial charge in [-0.3, -0.25) is 9.59 Å². The van der Waals surface area contributed by atoms with Crippen LogP contribution in [0.1, 0.15) is 40.0 Å². The molecule has 0 radical (unpaired) electrons. The molecule has 2 rings (SSSR count). The van der Waals surface area contributed by atoms with Crippen LogP contribution in [0.25, 0.3) is 0 Å². The molecule has 1 aliphatic carbocycles. The lowest BCUT2D eigenvalue weighted by Gasteiger charge is -2.44. The van der Waals surface area contributed by atoms with Crippen LogP contribution < -0.4 is 5.32 Å². The smallest absolute Gasteiger partial charge is 0.248 e. The minimum Gasteiger partial charge on any atom is -0.340 e. The Bertz CT molecular complexity index is 387. The van der Waals surface area contributed by atoms with Crippen molar-refractivity contribution in [2.45, 2.75) is 51.6 Å². The van der Waals surface area contributed by atoms with E-state index < -0.39 is 5.54 Å². The highest BCUT2D eigenvalue weighted by molar-refractivity contribution is 6.00. The summed E-state index contributed by atoms with van der Waals surface area (Å²) in [5.74, 6) is 0.436. The van der Waals surface area contributed by atoms with E-state index in [2.05, 4.69) is 5.32 Å². The fourth-order valence-electron chi connectivity index (χ4n) is 2.52. The van der Waals surface area contributed by atoms with E-state index in [-0.39, 0.29) is 17.9 Å². The fourth-order valence-corrected chi connectivity index (χ4v) is 2.52. The van der Waals surface area contributed by atoms with Gasteiger partial charge in [-0.15, -0.1) is 0 Å². The molecule has 2 amide bonds. The van der Waals surface area contributed by atoms with Crippen LogP contribution >= 0.6 is 0 Å². The van der Waals surface area contributed by atoms with Crippen molar-refractivity contribution in [3.63, 3.8) is 0 Å². The van der Waals surface area contributed by atoms with Gasteiger partial charge >= 0.3 is 0 Å². The van der Waals surface area contributed by atoms with Crippen LogP contribution in [-0.4, -0.2) is 34.8 Å². The number of carbonyl (C=O) groups excluding carboxylic acids is 2. The van der Waals surface area contributed by atoms with Crippen molar-refractivity contribution in [3.8, 4) is 0 Å². The molecule has 0 aromatic carbocycles. The van der Waals surface area contributed by atoms with Crippen molar-refractivity contribution in [2.24, 2.45) is 5.92 Å². The second kappa shape index (κ2) is 4.75. The Morgan fingerprint density at radius 2 is 2.11 bits per heavy atom. The van der Waals surface area contributed by atoms with E-state index in [1.165, 1.54) is 0 Å². The standard InChI is InChI=1S/C14H22N2O2/c1-4-6-9-16-11(10-7-8-10)12(17)15-14(3,5-2)13(16)18/h4,6,10-11H,5,7-9H2,1-3H3,(H,15,17)/b6-4+. The van der Waals surface area contributed by atoms with E-state index in [9.17, 15) is 9.59 Å². The number of rotatable bonds is 4. The quantitative estimate of drug-likeness (QED) is 0.768. The van der Waals surface area contributed by atoms with Crippen molar-refractivity contribution in [2.75, 3.05) is 6.54 Å². The molecule has 1 heterocycles. The second-order valence-electron chi connectivity index (χ2n) is 5.48. The lowest BCUT2D eigenvalue weighted by Crippen LogP contribution is -2.69. The monoisotopic (exact) mass is 250 g/mol. The summed E-state index contributed by atoms with van der Waals surface area (Å²) in [7, 11) is 0. The second-order valence-corrected chi connectivity index (χ2v) is 5.48. The number of hydrogen-bond donors (Lipinski definition) is 1. The molecule has 0 aromatic rings. The van der Waals surface area contributed by atoms with Gasteiger partial charge in [-0.1, -0.05) is 19.1 Å². The highest BCUT2D eigenvalue weighted by Crippen LogP contribution is 2.38. The Morgan fingerprint density at radius 3 is 2.61 bits per heavy atom. The lowest BCUT2D eigenvalue weighted by atomic mass is 9.90. The normalized spacial score (nSPS) is 33.1. The van der Waals surface area contributed by atoms with E-state index >= 15 is 0 Å². The van der Waals surface area contributed by atoms with Crippen LogP contribution in [0, 0.1) is 5.92 Å². The zero-order valence-corrected chi connectivity index (χ0v) is 11.4. The van der Waals surface area contributed by atoms with Crippen LogP contribution in [0.15, 0.2) is 12.2 Å². The van der Waals surface area contributed by atoms with Crippen LogP contribution in [0.4, 0.5) is 0 Å². The lowest BCUT2D eigenvalue weighted by molar-refractivity contribution is -0.154. The van der Waals surface area contributed by atoms with Gasteiger partial charge in [-0.25, -0.2) is 0 Å². The van der Waals surface area contributed by atoms with Crippen molar-refractivity contribution in [3.05, 3.63) is 12.2 Å². The highest BCUT2D eigenvalue weighted by atomic mass is 16.2. The third-order valence-electron chi connectivity index (χ3n) is 4.05. The fraction of sp³-hybridized carbons (Fsp3) is 0.714. The molecule has 2 atom stereocenters. The molecule has 1 aliphatic heterocycles. The van der Waals surface area contributed by atoms with Gasteiger partial charge in [0, 0.05) is 6.54 Å². The van der Waals surface area contributed by atoms with E-state index in [1.54, 1.807) is 4.90 Å². The Balaban J connectivity index is 2.26. The summed E-state index contributed by atoms with van der Waals surface area (Å²) < 4.78 is 0. The van der Waals surface area contributed by atoms with Gasteiger partial charge in [0.2, 0.25) is 11.8 Å². The van der Waals surface area contributed by atoms with Gasteiger partial charge < -0.3 is 10.2 Å². The Morgan fingerprint density at radius 1 is 1.44 bits per heavy atom. The maximum absolute atomic E-state index is 12.5. The first-order chi connectivity index (χ1) is 8.53. The van der Waals surface area contributed by atoms with E-state index in [4.69, 9.17) is 0 Å². The minimum atomic E-state index is -0.732. The van der Waals surface area contributed by atoms with E-state index in [1.807, 2.05) is 32.9 Å². The van der Waals surface area contributed by atoms with E-state index in [0.29, 0.717) is 18.9 Å². The molecule has 1 N–H and O–H groups in total. The van der Waals surface area contributed by atoms with Gasteiger partial charge in [0.25, 0.3) is 0 Å². The molecular formula is C14H22N2O2. The zero-order valence-electron chi connectivity index (χ0n) is 11.4. The first kappa shape index (κ1) is 13.1. The maximum atomic E-state index is 12.5. The van der Waals surface area contributed by atoms with Gasteiger partial charge in [0.1, 0.15) is 11.6 Å². The summed E-state index contributed by atoms with van der Waals surface area (Å²) in [6.07, 6.45) is 6.61. The molecule has 2 aliphatic rings. The predicted octanol–water partition coefficient (Wildman–Crippen LogP) is 1.47. The molecule has 0 aromatic heterocycles. The summed E-state index contributed by atoms with van der Waals surface area (Å²) in [6.45, 7) is 6.22. The first-order valence-electron chi connectivity index (χ1n) is 6.77. The average molecular weight is 250 g/mol. The number of amides is 2. The first-order valence-corrected chi connectivity index (χ1v) is 6.77. The summed E-state index contributed by atoms with van der Waals surface area (Å²) in [5.41, 5.74) is -0.732. The number of nitrogens with zero attached hydrogens (tertiary/aromatic N) is 1.